The van der Waals surface area contributed by atoms with E-state index >= 15 is 0 Å². The Labute approximate surface area is 63.8 Å². The van der Waals surface area contributed by atoms with Crippen molar-refractivity contribution < 1.29 is 44.9 Å². The van der Waals surface area contributed by atoms with Crippen molar-refractivity contribution in [2.24, 2.45) is 0 Å². The van der Waals surface area contributed by atoms with Gasteiger partial charge < -0.3 is 19.2 Å². The van der Waals surface area contributed by atoms with Gasteiger partial charge in [0, 0.05) is 16.8 Å². The van der Waals surface area contributed by atoms with Crippen molar-refractivity contribution in [3.8, 4) is 0 Å². The number of rotatable bonds is 0. The van der Waals surface area contributed by atoms with Gasteiger partial charge in [0.05, 0.1) is 0 Å². The molecule has 0 bridgehead atoms. The quantitative estimate of drug-likeness (QED) is 0.316. The smallest absolute Gasteiger partial charge is 0.511 e. The van der Waals surface area contributed by atoms with Crippen molar-refractivity contribution in [1.82, 2.24) is 0 Å². The topological polar surface area (TPSA) is 115 Å². The second kappa shape index (κ2) is 10.7. The molecule has 0 aliphatic carbocycles. The Balaban J connectivity index is -0.0000000720. The van der Waals surface area contributed by atoms with Gasteiger partial charge >= 0.3 is 18.3 Å². The van der Waals surface area contributed by atoms with Gasteiger partial charge in [-0.2, -0.15) is 0 Å². The molecule has 0 aromatic heterocycles. The number of hydrogen-bond donors (Lipinski definition) is 4. The van der Waals surface area contributed by atoms with Crippen LogP contribution in [0.25, 0.3) is 0 Å². The third-order valence-electron chi connectivity index (χ3n) is 0. The maximum atomic E-state index is 8.74. The summed E-state index contributed by atoms with van der Waals surface area (Å²) in [6.45, 7) is 0. The maximum absolute atomic E-state index is 8.74. The summed E-state index contributed by atoms with van der Waals surface area (Å²) < 4.78 is 17.5. The molecule has 0 aliphatic rings. The molecule has 0 spiro atoms. The van der Waals surface area contributed by atoms with Crippen LogP contribution in [0.1, 0.15) is 0 Å². The van der Waals surface area contributed by atoms with Gasteiger partial charge in [0.25, 0.3) is 0 Å². The zero-order chi connectivity index (χ0) is 7.15. The van der Waals surface area contributed by atoms with Gasteiger partial charge in [-0.1, -0.05) is 0 Å². The van der Waals surface area contributed by atoms with Crippen molar-refractivity contribution in [2.45, 2.75) is 0 Å². The molecule has 0 unspecified atom stereocenters. The molecule has 0 aliphatic heterocycles. The van der Waals surface area contributed by atoms with Gasteiger partial charge in [0.1, 0.15) is 0 Å². The zero-order valence-electron chi connectivity index (χ0n) is 3.94. The molecule has 57 valence electrons. The Bertz CT molecular complexity index is 69.1. The first-order chi connectivity index (χ1) is 3.46. The van der Waals surface area contributed by atoms with Crippen LogP contribution >= 0.6 is 0 Å². The van der Waals surface area contributed by atoms with Gasteiger partial charge in [0.2, 0.25) is 0 Å². The second-order valence-corrected chi connectivity index (χ2v) is 1.70. The van der Waals surface area contributed by atoms with E-state index in [9.17, 15) is 0 Å². The van der Waals surface area contributed by atoms with E-state index in [0.717, 1.165) is 0 Å². The van der Waals surface area contributed by atoms with Crippen molar-refractivity contribution in [2.75, 3.05) is 0 Å². The molecule has 0 fully saturated rings. The third-order valence-corrected chi connectivity index (χ3v) is 0. The Hall–Kier alpha value is -0.260. The second-order valence-electron chi connectivity index (χ2n) is 0.565. The molecule has 9 heteroatoms. The van der Waals surface area contributed by atoms with Gasteiger partial charge in [-0.3, -0.25) is 8.92 Å². The SMILES string of the molecule is O=[Si](O)O.O=[Si](O)O.[Co]. The van der Waals surface area contributed by atoms with Crippen molar-refractivity contribution in [3.05, 3.63) is 0 Å². The molecule has 0 atom stereocenters. The first-order valence-corrected chi connectivity index (χ1v) is 3.91. The summed E-state index contributed by atoms with van der Waals surface area (Å²) in [5.74, 6) is 0. The molecule has 6 nitrogen and oxygen atoms in total. The van der Waals surface area contributed by atoms with E-state index in [-0.39, 0.29) is 16.8 Å². The fraction of sp³-hybridized carbons (Fsp3) is 0. The normalized spacial score (nSPS) is 5.33. The molecule has 1 radical (unpaired) electrons. The summed E-state index contributed by atoms with van der Waals surface area (Å²) >= 11 is 0. The zero-order valence-corrected chi connectivity index (χ0v) is 6.98. The van der Waals surface area contributed by atoms with Crippen LogP contribution < -0.4 is 0 Å². The molecule has 0 saturated carbocycles. The van der Waals surface area contributed by atoms with Crippen LogP contribution in [0.2, 0.25) is 0 Å². The third kappa shape index (κ3) is 3780. The van der Waals surface area contributed by atoms with Crippen LogP contribution in [-0.4, -0.2) is 37.5 Å². The van der Waals surface area contributed by atoms with Gasteiger partial charge in [-0.05, 0) is 0 Å². The Kier molecular flexibility index (Phi) is 18.8. The fourth-order valence-electron chi connectivity index (χ4n) is 0. The average Bonchev–Trinajstić information content (AvgIpc) is 1.25. The summed E-state index contributed by atoms with van der Waals surface area (Å²) in [5, 5.41) is 0. The largest absolute Gasteiger partial charge is 0.761 e. The molecular formula is H4CoO6Si2. The van der Waals surface area contributed by atoms with Gasteiger partial charge in [-0.25, -0.2) is 0 Å². The minimum Gasteiger partial charge on any atom is -0.511 e. The number of hydrogen-bond acceptors (Lipinski definition) is 2. The van der Waals surface area contributed by atoms with Crippen LogP contribution in [0.3, 0.4) is 0 Å². The minimum absolute atomic E-state index is 0. The van der Waals surface area contributed by atoms with Gasteiger partial charge in [0.15, 0.2) is 0 Å². The van der Waals surface area contributed by atoms with Crippen molar-refractivity contribution in [3.63, 3.8) is 0 Å². The Morgan fingerprint density at radius 2 is 0.778 bits per heavy atom. The van der Waals surface area contributed by atoms with E-state index in [1.165, 1.54) is 0 Å². The summed E-state index contributed by atoms with van der Waals surface area (Å²) in [6.07, 6.45) is 0. The predicted molar refractivity (Wildman–Crippen MR) is 21.8 cm³/mol. The molecule has 0 heterocycles. The molecular weight excluding hydrogens is 211 g/mol. The molecule has 0 aromatic carbocycles. The fourth-order valence-corrected chi connectivity index (χ4v) is 0. The Morgan fingerprint density at radius 1 is 0.778 bits per heavy atom. The summed E-state index contributed by atoms with van der Waals surface area (Å²) in [5.41, 5.74) is 0. The maximum Gasteiger partial charge on any atom is 0.761 e. The molecule has 0 saturated heterocycles. The monoisotopic (exact) mass is 215 g/mol. The first kappa shape index (κ1) is 15.9. The molecule has 0 aromatic rings. The molecule has 0 rings (SSSR count). The van der Waals surface area contributed by atoms with Crippen LogP contribution in [-0.2, 0) is 25.7 Å². The van der Waals surface area contributed by atoms with Gasteiger partial charge in [-0.15, -0.1) is 0 Å². The van der Waals surface area contributed by atoms with Crippen molar-refractivity contribution in [1.29, 1.82) is 0 Å². The van der Waals surface area contributed by atoms with Crippen LogP contribution in [0.5, 0.6) is 0 Å². The van der Waals surface area contributed by atoms with E-state index in [0.29, 0.717) is 0 Å². The predicted octanol–water partition coefficient (Wildman–Crippen LogP) is -3.23. The van der Waals surface area contributed by atoms with E-state index in [2.05, 4.69) is 0 Å². The van der Waals surface area contributed by atoms with E-state index in [1.54, 1.807) is 0 Å². The van der Waals surface area contributed by atoms with Crippen LogP contribution in [0.4, 0.5) is 0 Å². The Morgan fingerprint density at radius 3 is 0.778 bits per heavy atom. The molecule has 0 amide bonds. The summed E-state index contributed by atoms with van der Waals surface area (Å²) in [7, 11) is -6.26. The first-order valence-electron chi connectivity index (χ1n) is 1.30. The minimum atomic E-state index is -3.13. The van der Waals surface area contributed by atoms with E-state index in [4.69, 9.17) is 28.1 Å². The standard InChI is InChI=1S/Co.2H2O3Si/c;2*1-4(2)3/h;2*1-2H. The van der Waals surface area contributed by atoms with E-state index in [1.807, 2.05) is 0 Å². The van der Waals surface area contributed by atoms with Crippen LogP contribution in [0.15, 0.2) is 0 Å². The summed E-state index contributed by atoms with van der Waals surface area (Å²) in [4.78, 5) is 28.6. The van der Waals surface area contributed by atoms with E-state index < -0.39 is 18.3 Å². The van der Waals surface area contributed by atoms with Crippen LogP contribution in [0, 0.1) is 0 Å². The summed E-state index contributed by atoms with van der Waals surface area (Å²) in [6, 6.07) is 0. The molecule has 9 heavy (non-hydrogen) atoms. The average molecular weight is 215 g/mol. The van der Waals surface area contributed by atoms with Crippen molar-refractivity contribution >= 4 is 18.3 Å². The molecule has 4 N–H and O–H groups in total.